The Hall–Kier alpha value is -1.71. The summed E-state index contributed by atoms with van der Waals surface area (Å²) in [7, 11) is 0. The van der Waals surface area contributed by atoms with Crippen LogP contribution in [0, 0.1) is 7.14 Å². The molecule has 0 bridgehead atoms. The van der Waals surface area contributed by atoms with Gasteiger partial charge in [-0.3, -0.25) is 9.36 Å². The number of hydrogen-bond acceptors (Lipinski definition) is 7. The topological polar surface area (TPSA) is 69.9 Å². The lowest BCUT2D eigenvalue weighted by atomic mass is 10.0. The molecule has 40 heavy (non-hydrogen) atoms. The monoisotopic (exact) mass is 836 g/mol. The molecule has 0 N–H and O–H groups in total. The molecule has 0 amide bonds. The molecule has 0 radical (unpaired) electrons. The summed E-state index contributed by atoms with van der Waals surface area (Å²) in [6, 6.07) is 12.5. The van der Waals surface area contributed by atoms with Crippen LogP contribution in [0.5, 0.6) is 5.75 Å². The van der Waals surface area contributed by atoms with E-state index in [2.05, 4.69) is 50.2 Å². The van der Waals surface area contributed by atoms with Crippen LogP contribution in [0.4, 0.5) is 0 Å². The Morgan fingerprint density at radius 2 is 1.93 bits per heavy atom. The molecule has 0 unspecified atom stereocenters. The number of ether oxygens (including phenoxy) is 2. The van der Waals surface area contributed by atoms with E-state index in [4.69, 9.17) is 32.7 Å². The molecule has 4 aromatic rings. The lowest BCUT2D eigenvalue weighted by molar-refractivity contribution is -0.139. The van der Waals surface area contributed by atoms with Crippen LogP contribution in [-0.4, -0.2) is 17.1 Å². The van der Waals surface area contributed by atoms with E-state index >= 15 is 0 Å². The van der Waals surface area contributed by atoms with Crippen LogP contribution in [0.2, 0.25) is 10.0 Å². The van der Waals surface area contributed by atoms with Gasteiger partial charge in [0.1, 0.15) is 18.4 Å². The van der Waals surface area contributed by atoms with Crippen LogP contribution in [0.25, 0.3) is 6.08 Å². The predicted octanol–water partition coefficient (Wildman–Crippen LogP) is 6.95. The summed E-state index contributed by atoms with van der Waals surface area (Å²) < 4.78 is 15.4. The summed E-state index contributed by atoms with van der Waals surface area (Å²) in [6.07, 6.45) is 1.85. The molecule has 0 saturated carbocycles. The first kappa shape index (κ1) is 29.8. The van der Waals surface area contributed by atoms with Crippen molar-refractivity contribution in [2.24, 2.45) is 4.99 Å². The third-order valence-corrected chi connectivity index (χ3v) is 10.1. The molecule has 0 spiro atoms. The van der Waals surface area contributed by atoms with Gasteiger partial charge in [-0.1, -0.05) is 46.7 Å². The average molecular weight is 837 g/mol. The lowest BCUT2D eigenvalue weighted by Crippen LogP contribution is -2.39. The van der Waals surface area contributed by atoms with Crippen molar-refractivity contribution in [2.45, 2.75) is 26.5 Å². The Balaban J connectivity index is 1.52. The van der Waals surface area contributed by atoms with Crippen LogP contribution in [0.1, 0.15) is 35.9 Å². The highest BCUT2D eigenvalue weighted by Gasteiger charge is 2.33. The van der Waals surface area contributed by atoms with E-state index in [0.29, 0.717) is 37.3 Å². The SMILES string of the molecule is CCOC(=O)C1=C(C)N=c2s/c(=C\c3cc(I)c(OCc4ccc(Cl)cc4Cl)c(I)c3)c(=O)n2[C@@H]1c1cccs1. The Bertz CT molecular complexity index is 1810. The molecular formula is C28H20Cl2I2N2O4S2. The van der Waals surface area contributed by atoms with Gasteiger partial charge in [-0.2, -0.15) is 0 Å². The molecule has 2 aromatic carbocycles. The van der Waals surface area contributed by atoms with Gasteiger partial charge in [0.25, 0.3) is 5.56 Å². The first-order valence-electron chi connectivity index (χ1n) is 12.0. The van der Waals surface area contributed by atoms with Crippen LogP contribution >= 0.6 is 91.1 Å². The average Bonchev–Trinajstić information content (AvgIpc) is 3.52. The highest BCUT2D eigenvalue weighted by atomic mass is 127. The number of thiazole rings is 1. The number of carbonyl (C=O) groups excluding carboxylic acids is 1. The van der Waals surface area contributed by atoms with Crippen molar-refractivity contribution >= 4 is 103 Å². The Morgan fingerprint density at radius 1 is 1.18 bits per heavy atom. The second kappa shape index (κ2) is 12.7. The third-order valence-electron chi connectivity index (χ3n) is 6.04. The largest absolute Gasteiger partial charge is 0.487 e. The van der Waals surface area contributed by atoms with Crippen molar-refractivity contribution in [3.63, 3.8) is 0 Å². The Morgan fingerprint density at radius 3 is 2.58 bits per heavy atom. The molecule has 0 saturated heterocycles. The fourth-order valence-electron chi connectivity index (χ4n) is 4.25. The zero-order valence-corrected chi connectivity index (χ0v) is 28.5. The summed E-state index contributed by atoms with van der Waals surface area (Å²) in [5, 5.41) is 3.05. The molecule has 6 nitrogen and oxygen atoms in total. The summed E-state index contributed by atoms with van der Waals surface area (Å²) in [5.41, 5.74) is 2.41. The van der Waals surface area contributed by atoms with Gasteiger partial charge in [0.15, 0.2) is 4.80 Å². The number of nitrogens with zero attached hydrogens (tertiary/aromatic N) is 2. The minimum atomic E-state index is -0.590. The van der Waals surface area contributed by atoms with E-state index in [1.54, 1.807) is 30.5 Å². The van der Waals surface area contributed by atoms with Crippen molar-refractivity contribution in [3.8, 4) is 5.75 Å². The number of thiophene rings is 1. The summed E-state index contributed by atoms with van der Waals surface area (Å²) in [6.45, 7) is 4.07. The van der Waals surface area contributed by atoms with Crippen LogP contribution in [0.3, 0.4) is 0 Å². The number of fused-ring (bicyclic) bond motifs is 1. The van der Waals surface area contributed by atoms with E-state index in [1.165, 1.54) is 22.7 Å². The molecule has 1 atom stereocenters. The maximum absolute atomic E-state index is 13.8. The number of carbonyl (C=O) groups is 1. The molecule has 3 heterocycles. The molecule has 1 aliphatic heterocycles. The fraction of sp³-hybridized carbons (Fsp3) is 0.179. The molecule has 0 aliphatic carbocycles. The number of aromatic nitrogens is 1. The first-order valence-corrected chi connectivity index (χ1v) is 16.6. The second-order valence-corrected chi connectivity index (χ2v) is 13.8. The van der Waals surface area contributed by atoms with Crippen molar-refractivity contribution < 1.29 is 14.3 Å². The molecule has 1 aliphatic rings. The minimum Gasteiger partial charge on any atom is -0.487 e. The molecule has 12 heteroatoms. The van der Waals surface area contributed by atoms with Gasteiger partial charge in [-0.25, -0.2) is 9.79 Å². The van der Waals surface area contributed by atoms with Gasteiger partial charge >= 0.3 is 5.97 Å². The van der Waals surface area contributed by atoms with E-state index in [1.807, 2.05) is 41.8 Å². The summed E-state index contributed by atoms with van der Waals surface area (Å²) in [4.78, 5) is 32.8. The summed E-state index contributed by atoms with van der Waals surface area (Å²) in [5.74, 6) is 0.272. The summed E-state index contributed by atoms with van der Waals surface area (Å²) >= 11 is 19.6. The molecule has 206 valence electrons. The normalized spacial score (nSPS) is 15.2. The second-order valence-electron chi connectivity index (χ2n) is 8.66. The number of rotatable bonds is 7. The minimum absolute atomic E-state index is 0.209. The number of hydrogen-bond donors (Lipinski definition) is 0. The number of esters is 1. The van der Waals surface area contributed by atoms with Crippen LogP contribution in [-0.2, 0) is 16.1 Å². The zero-order valence-electron chi connectivity index (χ0n) is 21.0. The number of benzene rings is 2. The van der Waals surface area contributed by atoms with Gasteiger partial charge in [-0.05, 0) is 106 Å². The maximum atomic E-state index is 13.8. The molecule has 2 aromatic heterocycles. The molecule has 0 fully saturated rings. The molecular weight excluding hydrogens is 817 g/mol. The Labute approximate surface area is 275 Å². The van der Waals surface area contributed by atoms with Crippen LogP contribution in [0.15, 0.2) is 68.9 Å². The van der Waals surface area contributed by atoms with Gasteiger partial charge < -0.3 is 9.47 Å². The predicted molar refractivity (Wildman–Crippen MR) is 177 cm³/mol. The fourth-order valence-corrected chi connectivity index (χ4v) is 8.71. The van der Waals surface area contributed by atoms with E-state index in [-0.39, 0.29) is 12.2 Å². The van der Waals surface area contributed by atoms with Gasteiger partial charge in [-0.15, -0.1) is 11.3 Å². The zero-order chi connectivity index (χ0) is 28.6. The number of halogens is 4. The highest BCUT2D eigenvalue weighted by Crippen LogP contribution is 2.34. The van der Waals surface area contributed by atoms with Gasteiger partial charge in [0.2, 0.25) is 0 Å². The standard InChI is InChI=1S/C28H20Cl2I2N2O4S2/c1-3-37-27(36)23-14(2)33-28-34(24(23)21-5-4-8-39-21)26(35)22(40-28)11-15-9-19(31)25(20(32)10-15)38-13-16-6-7-17(29)12-18(16)30/h4-12,24H,3,13H2,1-2H3/b22-11-/t24-/m1/s1. The third kappa shape index (κ3) is 6.07. The first-order chi connectivity index (χ1) is 19.2. The smallest absolute Gasteiger partial charge is 0.338 e. The van der Waals surface area contributed by atoms with E-state index in [9.17, 15) is 9.59 Å². The molecule has 5 rings (SSSR count). The van der Waals surface area contributed by atoms with Crippen molar-refractivity contribution in [1.29, 1.82) is 0 Å². The van der Waals surface area contributed by atoms with Crippen molar-refractivity contribution in [2.75, 3.05) is 6.61 Å². The van der Waals surface area contributed by atoms with E-state index in [0.717, 1.165) is 28.9 Å². The highest BCUT2D eigenvalue weighted by molar-refractivity contribution is 14.1. The van der Waals surface area contributed by atoms with Crippen molar-refractivity contribution in [3.05, 3.63) is 112 Å². The lowest BCUT2D eigenvalue weighted by Gasteiger charge is -2.23. The quantitative estimate of drug-likeness (QED) is 0.149. The maximum Gasteiger partial charge on any atom is 0.338 e. The van der Waals surface area contributed by atoms with E-state index < -0.39 is 12.0 Å². The van der Waals surface area contributed by atoms with Gasteiger partial charge in [0.05, 0.1) is 29.5 Å². The Kier molecular flexibility index (Phi) is 9.42. The van der Waals surface area contributed by atoms with Crippen molar-refractivity contribution in [1.82, 2.24) is 4.57 Å². The van der Waals surface area contributed by atoms with Crippen LogP contribution < -0.4 is 19.6 Å². The number of allylic oxidation sites excluding steroid dienone is 1. The van der Waals surface area contributed by atoms with Gasteiger partial charge in [0, 0.05) is 20.5 Å².